The summed E-state index contributed by atoms with van der Waals surface area (Å²) in [7, 11) is 0. The first-order valence-corrected chi connectivity index (χ1v) is 11.2. The molecule has 1 aliphatic heterocycles. The van der Waals surface area contributed by atoms with E-state index in [9.17, 15) is 49.5 Å². The van der Waals surface area contributed by atoms with Gasteiger partial charge in [-0.2, -0.15) is 0 Å². The summed E-state index contributed by atoms with van der Waals surface area (Å²) < 4.78 is 1.01. The lowest BCUT2D eigenvalue weighted by atomic mass is 9.56. The molecule has 14 heteroatoms. The van der Waals surface area contributed by atoms with Crippen molar-refractivity contribution in [3.05, 3.63) is 41.9 Å². The normalized spacial score (nSPS) is 29.7. The van der Waals surface area contributed by atoms with Crippen molar-refractivity contribution in [1.29, 1.82) is 0 Å². The summed E-state index contributed by atoms with van der Waals surface area (Å²) in [5.41, 5.74) is -12.8. The van der Waals surface area contributed by atoms with Crippen LogP contribution in [0.1, 0.15) is 31.4 Å². The van der Waals surface area contributed by atoms with Gasteiger partial charge in [-0.15, -0.1) is 0 Å². The van der Waals surface area contributed by atoms with Gasteiger partial charge in [0.05, 0.1) is 30.1 Å². The molecule has 0 fully saturated rings. The maximum Gasteiger partial charge on any atom is 0.309 e. The first-order valence-electron chi connectivity index (χ1n) is 11.2. The summed E-state index contributed by atoms with van der Waals surface area (Å²) in [5.74, 6) is -1.95. The number of aliphatic hydroxyl groups is 4. The number of carboxylic acid groups (broad SMARTS) is 1. The van der Waals surface area contributed by atoms with Gasteiger partial charge in [-0.05, 0) is 5.57 Å². The Morgan fingerprint density at radius 3 is 2.11 bits per heavy atom. The predicted molar refractivity (Wildman–Crippen MR) is 128 cm³/mol. The Balaban J connectivity index is 2.51. The second-order valence-corrected chi connectivity index (χ2v) is 9.13. The van der Waals surface area contributed by atoms with E-state index in [1.807, 2.05) is 0 Å². The van der Waals surface area contributed by atoms with Crippen molar-refractivity contribution in [3.8, 4) is 5.75 Å². The number of aromatic nitrogens is 1. The van der Waals surface area contributed by atoms with Gasteiger partial charge in [0.25, 0.3) is 0 Å². The number of hydrogen-bond acceptors (Lipinski definition) is 11. The van der Waals surface area contributed by atoms with Crippen LogP contribution in [0.5, 0.6) is 5.75 Å². The summed E-state index contributed by atoms with van der Waals surface area (Å²) in [4.78, 5) is 57.9. The Morgan fingerprint density at radius 2 is 1.61 bits per heavy atom. The molecule has 4 unspecified atom stereocenters. The van der Waals surface area contributed by atoms with Gasteiger partial charge < -0.3 is 60.2 Å². The molecule has 1 amide bonds. The molecule has 1 aromatic rings. The average Bonchev–Trinajstić information content (AvgIpc) is 3.30. The van der Waals surface area contributed by atoms with E-state index < -0.39 is 83.2 Å². The quantitative estimate of drug-likeness (QED) is 0.104. The Labute approximate surface area is 215 Å². The molecule has 0 spiro atoms. The van der Waals surface area contributed by atoms with Crippen LogP contribution in [0.3, 0.4) is 0 Å². The molecule has 2 heterocycles. The van der Waals surface area contributed by atoms with Crippen LogP contribution in [0.4, 0.5) is 5.69 Å². The molecular formula is C24H27N3O11. The van der Waals surface area contributed by atoms with Crippen molar-refractivity contribution in [2.24, 2.45) is 0 Å². The monoisotopic (exact) mass is 533 g/mol. The smallest absolute Gasteiger partial charge is 0.309 e. The number of nitrogens with one attached hydrogen (secondary N) is 2. The minimum atomic E-state index is -2.80. The first-order chi connectivity index (χ1) is 17.8. The van der Waals surface area contributed by atoms with E-state index in [1.54, 1.807) is 0 Å². The molecule has 0 radical (unpaired) electrons. The SMILES string of the molecule is C=C(CC(=O)O)Nc1cn2c(c1O)C(CO)(NC=O)C1=C2C(O)(CC=O)C(=C)C(O)(CC=O)C1(O)CC=O. The summed E-state index contributed by atoms with van der Waals surface area (Å²) in [6.07, 6.45) is -1.40. The summed E-state index contributed by atoms with van der Waals surface area (Å²) in [5, 5.41) is 71.0. The number of anilines is 1. The predicted octanol–water partition coefficient (Wildman–Crippen LogP) is -1.72. The summed E-state index contributed by atoms with van der Waals surface area (Å²) in [6, 6.07) is 0. The Bertz CT molecular complexity index is 1280. The highest BCUT2D eigenvalue weighted by Gasteiger charge is 2.70. The van der Waals surface area contributed by atoms with Crippen molar-refractivity contribution in [1.82, 2.24) is 9.88 Å². The minimum absolute atomic E-state index is 0.0850. The van der Waals surface area contributed by atoms with Crippen molar-refractivity contribution < 1.29 is 54.6 Å². The minimum Gasteiger partial charge on any atom is -0.504 e. The number of aliphatic hydroxyl groups excluding tert-OH is 1. The summed E-state index contributed by atoms with van der Waals surface area (Å²) >= 11 is 0. The molecule has 1 aromatic heterocycles. The number of amides is 1. The van der Waals surface area contributed by atoms with Gasteiger partial charge >= 0.3 is 5.97 Å². The van der Waals surface area contributed by atoms with E-state index in [2.05, 4.69) is 23.8 Å². The topological polar surface area (TPSA) is 236 Å². The number of hydrogen-bond donors (Lipinski definition) is 8. The number of aldehydes is 3. The molecular weight excluding hydrogens is 506 g/mol. The maximum absolute atomic E-state index is 11.9. The van der Waals surface area contributed by atoms with Crippen molar-refractivity contribution in [2.45, 2.75) is 48.0 Å². The zero-order valence-corrected chi connectivity index (χ0v) is 20.0. The second-order valence-electron chi connectivity index (χ2n) is 9.13. The molecule has 0 saturated carbocycles. The molecule has 1 aliphatic carbocycles. The van der Waals surface area contributed by atoms with Crippen LogP contribution >= 0.6 is 0 Å². The fraction of sp³-hybridized carbons (Fsp3) is 0.375. The maximum atomic E-state index is 11.9. The fourth-order valence-electron chi connectivity index (χ4n) is 5.51. The molecule has 14 nitrogen and oxygen atoms in total. The average molecular weight is 533 g/mol. The van der Waals surface area contributed by atoms with Gasteiger partial charge in [0, 0.05) is 36.7 Å². The third kappa shape index (κ3) is 3.60. The van der Waals surface area contributed by atoms with Crippen LogP contribution in [-0.4, -0.2) is 89.9 Å². The van der Waals surface area contributed by atoms with Crippen LogP contribution in [-0.2, 0) is 29.5 Å². The van der Waals surface area contributed by atoms with Crippen LogP contribution < -0.4 is 10.6 Å². The highest BCUT2D eigenvalue weighted by molar-refractivity contribution is 5.87. The molecule has 0 bridgehead atoms. The van der Waals surface area contributed by atoms with Crippen LogP contribution in [0.15, 0.2) is 36.2 Å². The van der Waals surface area contributed by atoms with Gasteiger partial charge in [0.2, 0.25) is 6.41 Å². The number of nitrogens with zero attached hydrogens (tertiary/aromatic N) is 1. The summed E-state index contributed by atoms with van der Waals surface area (Å²) in [6.45, 7) is 6.07. The molecule has 38 heavy (non-hydrogen) atoms. The van der Waals surface area contributed by atoms with Crippen LogP contribution in [0.25, 0.3) is 5.70 Å². The largest absolute Gasteiger partial charge is 0.504 e. The number of aromatic hydroxyl groups is 1. The highest BCUT2D eigenvalue weighted by Crippen LogP contribution is 2.63. The number of rotatable bonds is 13. The number of carbonyl (C=O) groups excluding carboxylic acids is 4. The van der Waals surface area contributed by atoms with Crippen molar-refractivity contribution >= 4 is 42.6 Å². The van der Waals surface area contributed by atoms with Gasteiger partial charge in [-0.3, -0.25) is 9.59 Å². The number of carboxylic acids is 1. The first kappa shape index (κ1) is 28.5. The Hall–Kier alpha value is -4.11. The van der Waals surface area contributed by atoms with Gasteiger partial charge in [0.15, 0.2) is 5.75 Å². The third-order valence-corrected chi connectivity index (χ3v) is 7.13. The third-order valence-electron chi connectivity index (χ3n) is 7.13. The number of fused-ring (bicyclic) bond motifs is 2. The number of carbonyl (C=O) groups is 5. The molecule has 3 rings (SSSR count). The van der Waals surface area contributed by atoms with Gasteiger partial charge in [-0.1, -0.05) is 13.2 Å². The lowest BCUT2D eigenvalue weighted by Crippen LogP contribution is -2.68. The lowest BCUT2D eigenvalue weighted by molar-refractivity contribution is -0.152. The second kappa shape index (κ2) is 9.64. The zero-order valence-electron chi connectivity index (χ0n) is 20.0. The van der Waals surface area contributed by atoms with Crippen LogP contribution in [0, 0.1) is 0 Å². The molecule has 4 atom stereocenters. The van der Waals surface area contributed by atoms with E-state index >= 15 is 0 Å². The van der Waals surface area contributed by atoms with Gasteiger partial charge in [0.1, 0.15) is 41.2 Å². The van der Waals surface area contributed by atoms with E-state index in [4.69, 9.17) is 5.11 Å². The molecule has 8 N–H and O–H groups in total. The van der Waals surface area contributed by atoms with Crippen LogP contribution in [0.2, 0.25) is 0 Å². The Morgan fingerprint density at radius 1 is 1.03 bits per heavy atom. The fourth-order valence-corrected chi connectivity index (χ4v) is 5.51. The lowest BCUT2D eigenvalue weighted by Gasteiger charge is -2.55. The van der Waals surface area contributed by atoms with E-state index in [1.165, 1.54) is 0 Å². The van der Waals surface area contributed by atoms with Crippen molar-refractivity contribution in [3.63, 3.8) is 0 Å². The van der Waals surface area contributed by atoms with Gasteiger partial charge in [-0.25, -0.2) is 0 Å². The van der Waals surface area contributed by atoms with E-state index in [-0.39, 0.29) is 42.3 Å². The van der Waals surface area contributed by atoms with E-state index in [0.29, 0.717) is 0 Å². The molecule has 0 aromatic carbocycles. The molecule has 0 saturated heterocycles. The Kier molecular flexibility index (Phi) is 7.22. The molecule has 204 valence electrons. The number of aliphatic carboxylic acids is 1. The highest BCUT2D eigenvalue weighted by atomic mass is 16.4. The molecule has 2 aliphatic rings. The zero-order chi connectivity index (χ0) is 28.7. The van der Waals surface area contributed by atoms with Crippen molar-refractivity contribution in [2.75, 3.05) is 11.9 Å². The van der Waals surface area contributed by atoms with E-state index in [0.717, 1.165) is 10.8 Å². The standard InChI is InChI=1S/C24H27N3O11/c1-13(9-16(33)34)26-15-10-27-19(17(15)35)21(11-31,25-12-32)18-20(27)22(36,3-6-28)14(2)23(37,4-7-29)24(18,38)5-8-30/h6-8,10,12,26,31,35-38H,1-5,9,11H2,(H,25,32)(H,33,34).